The number of rotatable bonds is 3. The van der Waals surface area contributed by atoms with Crippen LogP contribution in [0.3, 0.4) is 0 Å². The van der Waals surface area contributed by atoms with E-state index in [2.05, 4.69) is 4.98 Å². The standard InChI is InChI=1S/C18H15N3O3/c19-13-6-8-15(9-7-13)21(14-4-2-1-3-5-14)18(24)12-10-16(22)20-17(23)11-12/h1-11H,19H2,(H2,20,22,23). The minimum atomic E-state index is -0.552. The van der Waals surface area contributed by atoms with Gasteiger partial charge in [-0.25, -0.2) is 0 Å². The number of pyridine rings is 1. The molecule has 0 atom stereocenters. The van der Waals surface area contributed by atoms with Gasteiger partial charge in [-0.05, 0) is 36.4 Å². The third-order valence-electron chi connectivity index (χ3n) is 3.45. The molecule has 0 unspecified atom stereocenters. The zero-order valence-corrected chi connectivity index (χ0v) is 12.6. The molecule has 6 heteroatoms. The number of H-pyrrole nitrogens is 1. The summed E-state index contributed by atoms with van der Waals surface area (Å²) in [6.07, 6.45) is 0. The number of amides is 1. The van der Waals surface area contributed by atoms with Gasteiger partial charge in [0.25, 0.3) is 11.5 Å². The summed E-state index contributed by atoms with van der Waals surface area (Å²) in [7, 11) is 0. The molecule has 3 aromatic rings. The molecular formula is C18H15N3O3. The van der Waals surface area contributed by atoms with Crippen LogP contribution in [0.4, 0.5) is 17.1 Å². The van der Waals surface area contributed by atoms with Crippen LogP contribution in [0.15, 0.2) is 71.5 Å². The highest BCUT2D eigenvalue weighted by atomic mass is 16.3. The highest BCUT2D eigenvalue weighted by Crippen LogP contribution is 2.28. The van der Waals surface area contributed by atoms with Crippen molar-refractivity contribution in [3.05, 3.63) is 82.6 Å². The number of hydrogen-bond acceptors (Lipinski definition) is 4. The fourth-order valence-electron chi connectivity index (χ4n) is 2.37. The third kappa shape index (κ3) is 3.12. The molecule has 4 N–H and O–H groups in total. The van der Waals surface area contributed by atoms with Gasteiger partial charge in [0.15, 0.2) is 5.88 Å². The van der Waals surface area contributed by atoms with Gasteiger partial charge in [-0.2, -0.15) is 0 Å². The number of nitrogens with two attached hydrogens (primary N) is 1. The Morgan fingerprint density at radius 1 is 0.958 bits per heavy atom. The number of carbonyl (C=O) groups excluding carboxylic acids is 1. The molecule has 0 aliphatic heterocycles. The number of nitrogen functional groups attached to an aromatic ring is 1. The number of aromatic amines is 1. The van der Waals surface area contributed by atoms with E-state index >= 15 is 0 Å². The first-order chi connectivity index (χ1) is 11.5. The van der Waals surface area contributed by atoms with Crippen molar-refractivity contribution in [3.8, 4) is 5.88 Å². The summed E-state index contributed by atoms with van der Waals surface area (Å²) in [6.45, 7) is 0. The lowest BCUT2D eigenvalue weighted by atomic mass is 10.1. The lowest BCUT2D eigenvalue weighted by Crippen LogP contribution is -2.27. The van der Waals surface area contributed by atoms with Crippen molar-refractivity contribution < 1.29 is 9.90 Å². The van der Waals surface area contributed by atoms with Crippen molar-refractivity contribution in [2.24, 2.45) is 0 Å². The Hall–Kier alpha value is -3.54. The minimum absolute atomic E-state index is 0.0805. The van der Waals surface area contributed by atoms with Gasteiger partial charge in [0.05, 0.1) is 5.56 Å². The summed E-state index contributed by atoms with van der Waals surface area (Å²) in [4.78, 5) is 28.2. The first kappa shape index (κ1) is 15.4. The van der Waals surface area contributed by atoms with Crippen LogP contribution in [0.2, 0.25) is 0 Å². The van der Waals surface area contributed by atoms with E-state index in [4.69, 9.17) is 5.73 Å². The lowest BCUT2D eigenvalue weighted by molar-refractivity contribution is 0.0998. The number of hydrogen-bond donors (Lipinski definition) is 3. The van der Waals surface area contributed by atoms with E-state index in [0.717, 1.165) is 6.07 Å². The SMILES string of the molecule is Nc1ccc(N(C(=O)c2cc(O)[nH]c(=O)c2)c2ccccc2)cc1. The summed E-state index contributed by atoms with van der Waals surface area (Å²) in [5, 5.41) is 9.56. The maximum absolute atomic E-state index is 13.0. The molecule has 2 aromatic carbocycles. The lowest BCUT2D eigenvalue weighted by Gasteiger charge is -2.23. The van der Waals surface area contributed by atoms with Gasteiger partial charge in [0, 0.05) is 29.2 Å². The molecule has 0 fully saturated rings. The molecule has 0 spiro atoms. The molecule has 0 saturated heterocycles. The number of benzene rings is 2. The second-order valence-corrected chi connectivity index (χ2v) is 5.19. The number of carbonyl (C=O) groups is 1. The van der Waals surface area contributed by atoms with Gasteiger partial charge < -0.3 is 10.8 Å². The molecular weight excluding hydrogens is 306 g/mol. The van der Waals surface area contributed by atoms with Crippen LogP contribution in [0.5, 0.6) is 5.88 Å². The maximum Gasteiger partial charge on any atom is 0.263 e. The molecule has 0 bridgehead atoms. The van der Waals surface area contributed by atoms with Gasteiger partial charge in [0.2, 0.25) is 0 Å². The number of anilines is 3. The number of nitrogens with zero attached hydrogens (tertiary/aromatic N) is 1. The Bertz CT molecular complexity index is 918. The highest BCUT2D eigenvalue weighted by Gasteiger charge is 2.20. The van der Waals surface area contributed by atoms with Gasteiger partial charge in [0.1, 0.15) is 0 Å². The van der Waals surface area contributed by atoms with Gasteiger partial charge in [-0.3, -0.25) is 19.5 Å². The van der Waals surface area contributed by atoms with Crippen LogP contribution in [-0.2, 0) is 0 Å². The van der Waals surface area contributed by atoms with Gasteiger partial charge in [-0.15, -0.1) is 0 Å². The molecule has 0 saturated carbocycles. The zero-order valence-electron chi connectivity index (χ0n) is 12.6. The summed E-state index contributed by atoms with van der Waals surface area (Å²) in [6, 6.07) is 18.2. The van der Waals surface area contributed by atoms with Crippen molar-refractivity contribution in [2.75, 3.05) is 10.6 Å². The normalized spacial score (nSPS) is 10.3. The Balaban J connectivity index is 2.12. The molecule has 0 radical (unpaired) electrons. The van der Waals surface area contributed by atoms with E-state index in [9.17, 15) is 14.7 Å². The van der Waals surface area contributed by atoms with Gasteiger partial charge >= 0.3 is 0 Å². The average molecular weight is 321 g/mol. The second kappa shape index (κ2) is 6.29. The number of aromatic hydroxyl groups is 1. The molecule has 1 aromatic heterocycles. The Morgan fingerprint density at radius 2 is 1.58 bits per heavy atom. The molecule has 6 nitrogen and oxygen atoms in total. The van der Waals surface area contributed by atoms with Crippen LogP contribution in [0.1, 0.15) is 10.4 Å². The van der Waals surface area contributed by atoms with Crippen molar-refractivity contribution in [3.63, 3.8) is 0 Å². The quantitative estimate of drug-likeness (QED) is 0.646. The Morgan fingerprint density at radius 3 is 2.21 bits per heavy atom. The number of nitrogens with one attached hydrogen (secondary N) is 1. The summed E-state index contributed by atoms with van der Waals surface area (Å²) >= 11 is 0. The molecule has 120 valence electrons. The first-order valence-corrected chi connectivity index (χ1v) is 7.23. The largest absolute Gasteiger partial charge is 0.494 e. The van der Waals surface area contributed by atoms with E-state index < -0.39 is 11.5 Å². The molecule has 3 rings (SSSR count). The van der Waals surface area contributed by atoms with E-state index in [1.54, 1.807) is 36.4 Å². The van der Waals surface area contributed by atoms with Crippen LogP contribution >= 0.6 is 0 Å². The summed E-state index contributed by atoms with van der Waals surface area (Å²) in [5.74, 6) is -0.802. The van der Waals surface area contributed by atoms with Crippen LogP contribution in [-0.4, -0.2) is 16.0 Å². The first-order valence-electron chi connectivity index (χ1n) is 7.23. The van der Waals surface area contributed by atoms with E-state index in [0.29, 0.717) is 17.1 Å². The fourth-order valence-corrected chi connectivity index (χ4v) is 2.37. The highest BCUT2D eigenvalue weighted by molar-refractivity contribution is 6.11. The monoisotopic (exact) mass is 321 g/mol. The Kier molecular flexibility index (Phi) is 4.03. The van der Waals surface area contributed by atoms with Crippen molar-refractivity contribution in [1.29, 1.82) is 0 Å². The smallest absolute Gasteiger partial charge is 0.263 e. The molecule has 24 heavy (non-hydrogen) atoms. The molecule has 0 aliphatic rings. The fraction of sp³-hybridized carbons (Fsp3) is 0. The van der Waals surface area contributed by atoms with Crippen LogP contribution in [0, 0.1) is 0 Å². The van der Waals surface area contributed by atoms with Crippen LogP contribution < -0.4 is 16.2 Å². The number of para-hydroxylation sites is 1. The molecule has 1 amide bonds. The van der Waals surface area contributed by atoms with Crippen LogP contribution in [0.25, 0.3) is 0 Å². The Labute approximate surface area is 137 Å². The van der Waals surface area contributed by atoms with Crippen molar-refractivity contribution >= 4 is 23.0 Å². The topological polar surface area (TPSA) is 99.4 Å². The van der Waals surface area contributed by atoms with Crippen molar-refractivity contribution in [1.82, 2.24) is 4.98 Å². The summed E-state index contributed by atoms with van der Waals surface area (Å²) in [5.41, 5.74) is 7.04. The van der Waals surface area contributed by atoms with Gasteiger partial charge in [-0.1, -0.05) is 18.2 Å². The van der Waals surface area contributed by atoms with Crippen molar-refractivity contribution in [2.45, 2.75) is 0 Å². The van der Waals surface area contributed by atoms with E-state index in [-0.39, 0.29) is 11.4 Å². The molecule has 1 heterocycles. The molecule has 0 aliphatic carbocycles. The second-order valence-electron chi connectivity index (χ2n) is 5.19. The van der Waals surface area contributed by atoms with E-state index in [1.807, 2.05) is 18.2 Å². The third-order valence-corrected chi connectivity index (χ3v) is 3.45. The number of aromatic nitrogens is 1. The average Bonchev–Trinajstić information content (AvgIpc) is 2.57. The summed E-state index contributed by atoms with van der Waals surface area (Å²) < 4.78 is 0. The minimum Gasteiger partial charge on any atom is -0.494 e. The maximum atomic E-state index is 13.0. The zero-order chi connectivity index (χ0) is 17.1. The predicted octanol–water partition coefficient (Wildman–Crippen LogP) is 2.64. The van der Waals surface area contributed by atoms with E-state index in [1.165, 1.54) is 11.0 Å². The predicted molar refractivity (Wildman–Crippen MR) is 92.5 cm³/mol.